The molecule has 10 nitrogen and oxygen atoms in total. The number of carbonyl (C=O) groups excluding carboxylic acids is 1. The fourth-order valence-electron chi connectivity index (χ4n) is 5.07. The van der Waals surface area contributed by atoms with Crippen LogP contribution in [0.2, 0.25) is 0 Å². The van der Waals surface area contributed by atoms with Gasteiger partial charge in [0.05, 0.1) is 36.1 Å². The average molecular weight is 577 g/mol. The van der Waals surface area contributed by atoms with E-state index >= 15 is 0 Å². The molecule has 0 radical (unpaired) electrons. The number of aliphatic hydroxyl groups excluding tert-OH is 2. The molecule has 0 aliphatic rings. The predicted molar refractivity (Wildman–Crippen MR) is 161 cm³/mol. The normalized spacial score (nSPS) is 15.2. The molecule has 0 aliphatic heterocycles. The molecule has 1 aromatic carbocycles. The number of carbonyl (C=O) groups is 2. The lowest BCUT2D eigenvalue weighted by Gasteiger charge is -2.33. The van der Waals surface area contributed by atoms with Gasteiger partial charge in [0, 0.05) is 30.5 Å². The van der Waals surface area contributed by atoms with Crippen molar-refractivity contribution in [1.82, 2.24) is 20.4 Å². The first-order chi connectivity index (χ1) is 19.3. The molecular formula is C31H52N4O6. The lowest BCUT2D eigenvalue weighted by molar-refractivity contribution is -0.130. The first kappa shape index (κ1) is 34.5. The molecule has 2 rings (SSSR count). The van der Waals surface area contributed by atoms with E-state index in [9.17, 15) is 24.9 Å². The van der Waals surface area contributed by atoms with Gasteiger partial charge in [0.15, 0.2) is 0 Å². The van der Waals surface area contributed by atoms with E-state index in [0.29, 0.717) is 18.7 Å². The van der Waals surface area contributed by atoms with Crippen LogP contribution < -0.4 is 10.6 Å². The maximum atomic E-state index is 12.8. The van der Waals surface area contributed by atoms with Gasteiger partial charge in [0.25, 0.3) is 0 Å². The third-order valence-corrected chi connectivity index (χ3v) is 7.78. The molecule has 0 aliphatic carbocycles. The molecule has 10 heteroatoms. The Hall–Kier alpha value is -2.69. The van der Waals surface area contributed by atoms with Crippen LogP contribution in [0.15, 0.2) is 24.4 Å². The first-order valence-electron chi connectivity index (χ1n) is 15.0. The molecule has 0 saturated carbocycles. The Bertz CT molecular complexity index is 1100. The van der Waals surface area contributed by atoms with Crippen molar-refractivity contribution in [3.05, 3.63) is 30.0 Å². The Morgan fingerprint density at radius 3 is 2.44 bits per heavy atom. The number of nitrogens with zero attached hydrogens (tertiary/aromatic N) is 2. The first-order valence-corrected chi connectivity index (χ1v) is 15.0. The zero-order valence-corrected chi connectivity index (χ0v) is 25.9. The van der Waals surface area contributed by atoms with Crippen LogP contribution in [0.3, 0.4) is 0 Å². The number of ether oxygens (including phenoxy) is 1. The SMILES string of the molecule is CCCCC(C)(C)C(=O)NCC(O)[C@H](C[C@@H](C(C)C)C(O)c1ccc2cnn(CCCOC(C)C)c2c1)NC(=O)O. The molecule has 0 bridgehead atoms. The van der Waals surface area contributed by atoms with E-state index in [-0.39, 0.29) is 36.8 Å². The molecule has 0 fully saturated rings. The van der Waals surface area contributed by atoms with E-state index in [4.69, 9.17) is 4.74 Å². The summed E-state index contributed by atoms with van der Waals surface area (Å²) in [6.45, 7) is 15.0. The monoisotopic (exact) mass is 576 g/mol. The van der Waals surface area contributed by atoms with Crippen LogP contribution in [0.4, 0.5) is 4.79 Å². The number of aryl methyl sites for hydroxylation is 1. The number of carboxylic acid groups (broad SMARTS) is 1. The number of benzene rings is 1. The summed E-state index contributed by atoms with van der Waals surface area (Å²) in [7, 11) is 0. The molecule has 2 aromatic rings. The number of rotatable bonds is 18. The number of aliphatic hydroxyl groups is 2. The lowest BCUT2D eigenvalue weighted by Crippen LogP contribution is -2.51. The second-order valence-electron chi connectivity index (χ2n) is 12.4. The molecule has 232 valence electrons. The fourth-order valence-corrected chi connectivity index (χ4v) is 5.07. The van der Waals surface area contributed by atoms with Crippen molar-refractivity contribution in [2.45, 2.75) is 111 Å². The van der Waals surface area contributed by atoms with Crippen LogP contribution in [-0.2, 0) is 16.1 Å². The number of aromatic nitrogens is 2. The Balaban J connectivity index is 2.18. The van der Waals surface area contributed by atoms with Crippen molar-refractivity contribution in [2.75, 3.05) is 13.2 Å². The number of unbranched alkanes of at least 4 members (excludes halogenated alkanes) is 1. The van der Waals surface area contributed by atoms with Crippen molar-refractivity contribution in [3.8, 4) is 0 Å². The summed E-state index contributed by atoms with van der Waals surface area (Å²) < 4.78 is 7.55. The minimum atomic E-state index is -1.27. The van der Waals surface area contributed by atoms with E-state index < -0.39 is 29.8 Å². The van der Waals surface area contributed by atoms with Gasteiger partial charge in [-0.25, -0.2) is 4.79 Å². The number of fused-ring (bicyclic) bond motifs is 1. The van der Waals surface area contributed by atoms with Gasteiger partial charge in [-0.3, -0.25) is 9.48 Å². The maximum absolute atomic E-state index is 12.8. The third-order valence-electron chi connectivity index (χ3n) is 7.78. The van der Waals surface area contributed by atoms with Gasteiger partial charge < -0.3 is 30.7 Å². The summed E-state index contributed by atoms with van der Waals surface area (Å²) in [5.74, 6) is -0.571. The standard InChI is InChI=1S/C31H52N4O6/c1-8-9-13-31(6,7)29(38)32-19-27(36)25(34-30(39)40)17-24(20(2)3)28(37)22-11-12-23-18-33-35(26(23)16-22)14-10-15-41-21(4)5/h11-12,16,18,20-21,24-25,27-28,34,36-37H,8-10,13-15,17,19H2,1-7H3,(H,32,38)(H,39,40)/t24-,25-,27?,28?/m0/s1. The van der Waals surface area contributed by atoms with E-state index in [0.717, 1.165) is 36.6 Å². The summed E-state index contributed by atoms with van der Waals surface area (Å²) in [4.78, 5) is 24.4. The van der Waals surface area contributed by atoms with E-state index in [1.54, 1.807) is 6.20 Å². The Morgan fingerprint density at radius 1 is 1.12 bits per heavy atom. The summed E-state index contributed by atoms with van der Waals surface area (Å²) in [6.07, 6.45) is 2.24. The molecular weight excluding hydrogens is 524 g/mol. The molecule has 2 amide bonds. The van der Waals surface area contributed by atoms with Gasteiger partial charge in [0.2, 0.25) is 5.91 Å². The van der Waals surface area contributed by atoms with Gasteiger partial charge in [-0.1, -0.05) is 59.6 Å². The van der Waals surface area contributed by atoms with Crippen molar-refractivity contribution in [3.63, 3.8) is 0 Å². The maximum Gasteiger partial charge on any atom is 0.404 e. The molecule has 0 saturated heterocycles. The minimum absolute atomic E-state index is 0.0216. The number of amides is 2. The highest BCUT2D eigenvalue weighted by Gasteiger charge is 2.33. The minimum Gasteiger partial charge on any atom is -0.465 e. The summed E-state index contributed by atoms with van der Waals surface area (Å²) in [6, 6.07) is 4.84. The molecule has 4 atom stereocenters. The van der Waals surface area contributed by atoms with Gasteiger partial charge in [-0.2, -0.15) is 5.10 Å². The van der Waals surface area contributed by atoms with E-state index in [2.05, 4.69) is 22.7 Å². The number of hydrogen-bond acceptors (Lipinski definition) is 6. The van der Waals surface area contributed by atoms with Crippen molar-refractivity contribution in [2.24, 2.45) is 17.3 Å². The number of hydrogen-bond donors (Lipinski definition) is 5. The van der Waals surface area contributed by atoms with E-state index in [1.165, 1.54) is 0 Å². The largest absolute Gasteiger partial charge is 0.465 e. The summed E-state index contributed by atoms with van der Waals surface area (Å²) >= 11 is 0. The van der Waals surface area contributed by atoms with Gasteiger partial charge >= 0.3 is 6.09 Å². The Labute approximate surface area is 244 Å². The highest BCUT2D eigenvalue weighted by molar-refractivity contribution is 5.81. The van der Waals surface area contributed by atoms with Crippen LogP contribution in [-0.4, -0.2) is 68.5 Å². The smallest absolute Gasteiger partial charge is 0.404 e. The summed E-state index contributed by atoms with van der Waals surface area (Å²) in [5, 5.41) is 42.7. The average Bonchev–Trinajstić information content (AvgIpc) is 3.31. The zero-order valence-electron chi connectivity index (χ0n) is 25.9. The molecule has 5 N–H and O–H groups in total. The van der Waals surface area contributed by atoms with Gasteiger partial charge in [0.1, 0.15) is 0 Å². The van der Waals surface area contributed by atoms with Crippen molar-refractivity contribution < 1.29 is 29.6 Å². The lowest BCUT2D eigenvalue weighted by atomic mass is 9.80. The highest BCUT2D eigenvalue weighted by Crippen LogP contribution is 2.34. The predicted octanol–water partition coefficient (Wildman–Crippen LogP) is 4.88. The van der Waals surface area contributed by atoms with Gasteiger partial charge in [-0.15, -0.1) is 0 Å². The second kappa shape index (κ2) is 16.1. The molecule has 41 heavy (non-hydrogen) atoms. The highest BCUT2D eigenvalue weighted by atomic mass is 16.5. The Kier molecular flexibility index (Phi) is 13.5. The number of nitrogens with one attached hydrogen (secondary N) is 2. The molecule has 1 aromatic heterocycles. The zero-order chi connectivity index (χ0) is 30.7. The molecule has 2 unspecified atom stereocenters. The van der Waals surface area contributed by atoms with Gasteiger partial charge in [-0.05, 0) is 56.6 Å². The van der Waals surface area contributed by atoms with Crippen molar-refractivity contribution >= 4 is 22.9 Å². The van der Waals surface area contributed by atoms with Crippen LogP contribution in [0.1, 0.15) is 92.2 Å². The van der Waals surface area contributed by atoms with Crippen LogP contribution >= 0.6 is 0 Å². The quantitative estimate of drug-likeness (QED) is 0.159. The Morgan fingerprint density at radius 2 is 1.83 bits per heavy atom. The van der Waals surface area contributed by atoms with Crippen LogP contribution in [0.5, 0.6) is 0 Å². The molecule has 0 spiro atoms. The fraction of sp³-hybridized carbons (Fsp3) is 0.710. The van der Waals surface area contributed by atoms with Crippen LogP contribution in [0, 0.1) is 17.3 Å². The topological polar surface area (TPSA) is 146 Å². The van der Waals surface area contributed by atoms with E-state index in [1.807, 2.05) is 64.4 Å². The second-order valence-corrected chi connectivity index (χ2v) is 12.4. The summed E-state index contributed by atoms with van der Waals surface area (Å²) in [5.41, 5.74) is 1.02. The van der Waals surface area contributed by atoms with Crippen molar-refractivity contribution in [1.29, 1.82) is 0 Å². The third kappa shape index (κ3) is 10.6. The van der Waals surface area contributed by atoms with Crippen LogP contribution in [0.25, 0.3) is 10.9 Å². The molecule has 1 heterocycles.